The first-order chi connectivity index (χ1) is 7.79. The molecule has 1 nitrogen and oxygen atoms in total. The predicted octanol–water partition coefficient (Wildman–Crippen LogP) is 3.98. The quantitative estimate of drug-likeness (QED) is 0.752. The second-order valence-electron chi connectivity index (χ2n) is 3.42. The van der Waals surface area contributed by atoms with E-state index in [2.05, 4.69) is 6.07 Å². The molecule has 81 valence electrons. The van der Waals surface area contributed by atoms with E-state index in [0.29, 0.717) is 5.75 Å². The number of halogens is 1. The van der Waals surface area contributed by atoms with Crippen LogP contribution in [0.2, 0.25) is 0 Å². The molecular weight excluding hydrogens is 203 g/mol. The van der Waals surface area contributed by atoms with E-state index in [1.807, 2.05) is 25.1 Å². The summed E-state index contributed by atoms with van der Waals surface area (Å²) in [6.07, 6.45) is 0.859. The monoisotopic (exact) mass is 215 g/mol. The molecule has 0 fully saturated rings. The molecule has 0 aliphatic heterocycles. The summed E-state index contributed by atoms with van der Waals surface area (Å²) in [5.41, 5.74) is 1.02. The zero-order valence-electron chi connectivity index (χ0n) is 9.03. The molecule has 1 radical (unpaired) electrons. The van der Waals surface area contributed by atoms with Crippen LogP contribution in [0.25, 0.3) is 0 Å². The molecule has 0 saturated carbocycles. The molecule has 2 rings (SSSR count). The molecule has 0 heterocycles. The van der Waals surface area contributed by atoms with E-state index in [9.17, 15) is 4.39 Å². The zero-order valence-corrected chi connectivity index (χ0v) is 9.03. The second kappa shape index (κ2) is 4.79. The first-order valence-electron chi connectivity index (χ1n) is 5.22. The number of ether oxygens (including phenoxy) is 1. The molecule has 0 spiro atoms. The van der Waals surface area contributed by atoms with E-state index in [1.54, 1.807) is 12.1 Å². The van der Waals surface area contributed by atoms with Gasteiger partial charge in [0.15, 0.2) is 0 Å². The van der Waals surface area contributed by atoms with Gasteiger partial charge in [0.05, 0.1) is 0 Å². The van der Waals surface area contributed by atoms with Crippen molar-refractivity contribution >= 4 is 0 Å². The van der Waals surface area contributed by atoms with Crippen LogP contribution in [0.4, 0.5) is 4.39 Å². The van der Waals surface area contributed by atoms with Crippen molar-refractivity contribution in [1.82, 2.24) is 0 Å². The van der Waals surface area contributed by atoms with Gasteiger partial charge < -0.3 is 4.74 Å². The fourth-order valence-electron chi connectivity index (χ4n) is 1.46. The molecule has 0 saturated heterocycles. The molecule has 0 atom stereocenters. The number of hydrogen-bond acceptors (Lipinski definition) is 1. The third kappa shape index (κ3) is 2.40. The predicted molar refractivity (Wildman–Crippen MR) is 61.1 cm³/mol. The van der Waals surface area contributed by atoms with Crippen LogP contribution < -0.4 is 4.74 Å². The van der Waals surface area contributed by atoms with Gasteiger partial charge in [-0.25, -0.2) is 4.39 Å². The highest BCUT2D eigenvalue weighted by molar-refractivity contribution is 5.37. The Morgan fingerprint density at radius 3 is 2.62 bits per heavy atom. The highest BCUT2D eigenvalue weighted by Crippen LogP contribution is 2.25. The summed E-state index contributed by atoms with van der Waals surface area (Å²) in [6.45, 7) is 2.04. The Morgan fingerprint density at radius 2 is 1.94 bits per heavy atom. The van der Waals surface area contributed by atoms with E-state index in [1.165, 1.54) is 12.1 Å². The molecule has 0 N–H and O–H groups in total. The Bertz CT molecular complexity index is 462. The molecule has 0 aliphatic carbocycles. The summed E-state index contributed by atoms with van der Waals surface area (Å²) in [7, 11) is 0. The maximum atomic E-state index is 12.7. The van der Waals surface area contributed by atoms with Gasteiger partial charge in [0.1, 0.15) is 17.3 Å². The molecule has 0 bridgehead atoms. The van der Waals surface area contributed by atoms with Gasteiger partial charge in [-0.1, -0.05) is 19.1 Å². The van der Waals surface area contributed by atoms with E-state index < -0.39 is 0 Å². The van der Waals surface area contributed by atoms with Gasteiger partial charge in [0.2, 0.25) is 0 Å². The van der Waals surface area contributed by atoms with E-state index in [0.717, 1.165) is 17.7 Å². The topological polar surface area (TPSA) is 9.23 Å². The van der Waals surface area contributed by atoms with Crippen molar-refractivity contribution in [2.45, 2.75) is 13.3 Å². The van der Waals surface area contributed by atoms with Crippen LogP contribution in [0.1, 0.15) is 12.5 Å². The lowest BCUT2D eigenvalue weighted by Gasteiger charge is -2.09. The smallest absolute Gasteiger partial charge is 0.131 e. The Kier molecular flexibility index (Phi) is 3.20. The van der Waals surface area contributed by atoms with Crippen LogP contribution in [0, 0.1) is 11.9 Å². The van der Waals surface area contributed by atoms with Gasteiger partial charge >= 0.3 is 0 Å². The Balaban J connectivity index is 2.23. The average molecular weight is 215 g/mol. The van der Waals surface area contributed by atoms with Gasteiger partial charge in [-0.2, -0.15) is 0 Å². The standard InChI is InChI=1S/C14H12FO/c1-2-11-5-3-4-6-14(11)16-13-9-7-12(15)8-10-13/h3-4,6-10H,2H2,1H3. The Morgan fingerprint density at radius 1 is 1.19 bits per heavy atom. The normalized spacial score (nSPS) is 10.1. The number of rotatable bonds is 3. The van der Waals surface area contributed by atoms with Crippen LogP contribution in [-0.2, 0) is 6.42 Å². The van der Waals surface area contributed by atoms with Crippen LogP contribution in [0.15, 0.2) is 42.5 Å². The van der Waals surface area contributed by atoms with Crippen LogP contribution >= 0.6 is 0 Å². The van der Waals surface area contributed by atoms with Crippen molar-refractivity contribution in [1.29, 1.82) is 0 Å². The first-order valence-corrected chi connectivity index (χ1v) is 5.22. The van der Waals surface area contributed by atoms with Crippen molar-refractivity contribution in [3.63, 3.8) is 0 Å². The summed E-state index contributed by atoms with van der Waals surface area (Å²) in [4.78, 5) is 0. The average Bonchev–Trinajstić information content (AvgIpc) is 2.33. The minimum absolute atomic E-state index is 0.261. The summed E-state index contributed by atoms with van der Waals surface area (Å²) in [5, 5.41) is 0. The Labute approximate surface area is 94.5 Å². The summed E-state index contributed by atoms with van der Waals surface area (Å²) in [6, 6.07) is 14.7. The van der Waals surface area contributed by atoms with E-state index in [4.69, 9.17) is 4.74 Å². The molecule has 0 aliphatic rings. The van der Waals surface area contributed by atoms with Gasteiger partial charge in [0, 0.05) is 5.56 Å². The van der Waals surface area contributed by atoms with Crippen molar-refractivity contribution < 1.29 is 9.13 Å². The van der Waals surface area contributed by atoms with Crippen LogP contribution in [0.5, 0.6) is 11.5 Å². The third-order valence-electron chi connectivity index (χ3n) is 2.29. The summed E-state index contributed by atoms with van der Waals surface area (Å²) in [5.74, 6) is 1.15. The highest BCUT2D eigenvalue weighted by atomic mass is 19.1. The van der Waals surface area contributed by atoms with Gasteiger partial charge in [-0.05, 0) is 42.8 Å². The fraction of sp³-hybridized carbons (Fsp3) is 0.143. The molecule has 0 amide bonds. The van der Waals surface area contributed by atoms with Crippen LogP contribution in [-0.4, -0.2) is 0 Å². The number of hydrogen-bond donors (Lipinski definition) is 0. The van der Waals surface area contributed by atoms with Crippen LogP contribution in [0.3, 0.4) is 0 Å². The maximum Gasteiger partial charge on any atom is 0.131 e. The Hall–Kier alpha value is -1.83. The molecule has 0 aromatic heterocycles. The molecule has 16 heavy (non-hydrogen) atoms. The van der Waals surface area contributed by atoms with Gasteiger partial charge in [0.25, 0.3) is 0 Å². The molecule has 2 aromatic carbocycles. The largest absolute Gasteiger partial charge is 0.457 e. The van der Waals surface area contributed by atoms with Crippen molar-refractivity contribution in [3.05, 3.63) is 59.9 Å². The fourth-order valence-corrected chi connectivity index (χ4v) is 1.46. The van der Waals surface area contributed by atoms with E-state index in [-0.39, 0.29) is 5.82 Å². The minimum atomic E-state index is -0.261. The van der Waals surface area contributed by atoms with Gasteiger partial charge in [-0.3, -0.25) is 0 Å². The molecular formula is C14H12FO. The molecule has 0 unspecified atom stereocenters. The third-order valence-corrected chi connectivity index (χ3v) is 2.29. The first kappa shape index (κ1) is 10.7. The maximum absolute atomic E-state index is 12.7. The number of benzene rings is 2. The lowest BCUT2D eigenvalue weighted by atomic mass is 10.1. The highest BCUT2D eigenvalue weighted by Gasteiger charge is 2.02. The molecule has 2 heteroatoms. The lowest BCUT2D eigenvalue weighted by Crippen LogP contribution is -1.90. The molecule has 2 aromatic rings. The van der Waals surface area contributed by atoms with Crippen molar-refractivity contribution in [2.75, 3.05) is 0 Å². The number of aryl methyl sites for hydroxylation is 1. The van der Waals surface area contributed by atoms with Crippen molar-refractivity contribution in [3.8, 4) is 11.5 Å². The van der Waals surface area contributed by atoms with Gasteiger partial charge in [-0.15, -0.1) is 0 Å². The second-order valence-corrected chi connectivity index (χ2v) is 3.42. The van der Waals surface area contributed by atoms with E-state index >= 15 is 0 Å². The SMILES string of the molecule is CCc1[c]cccc1Oc1ccc(F)cc1. The summed E-state index contributed by atoms with van der Waals surface area (Å²) < 4.78 is 18.4. The zero-order chi connectivity index (χ0) is 11.4. The minimum Gasteiger partial charge on any atom is -0.457 e. The summed E-state index contributed by atoms with van der Waals surface area (Å²) >= 11 is 0. The lowest BCUT2D eigenvalue weighted by molar-refractivity contribution is 0.474. The van der Waals surface area contributed by atoms with Crippen molar-refractivity contribution in [2.24, 2.45) is 0 Å².